The van der Waals surface area contributed by atoms with Crippen LogP contribution in [-0.4, -0.2) is 47.8 Å². The van der Waals surface area contributed by atoms with Gasteiger partial charge in [-0.25, -0.2) is 28.7 Å². The van der Waals surface area contributed by atoms with E-state index in [9.17, 15) is 13.9 Å². The molecule has 0 saturated carbocycles. The molecule has 0 bridgehead atoms. The molecule has 1 N–H and O–H groups in total. The summed E-state index contributed by atoms with van der Waals surface area (Å²) >= 11 is 0. The maximum Gasteiger partial charge on any atom is 0.289 e. The van der Waals surface area contributed by atoms with Gasteiger partial charge in [0.25, 0.3) is 12.1 Å². The quantitative estimate of drug-likeness (QED) is 0.659. The van der Waals surface area contributed by atoms with E-state index in [1.54, 1.807) is 42.5 Å². The van der Waals surface area contributed by atoms with Gasteiger partial charge in [-0.2, -0.15) is 0 Å². The number of hydrogen-bond donors (Lipinski definition) is 1. The van der Waals surface area contributed by atoms with Crippen molar-refractivity contribution in [3.05, 3.63) is 76.6 Å². The van der Waals surface area contributed by atoms with E-state index < -0.39 is 12.1 Å². The molecule has 2 aliphatic rings. The molecule has 1 aromatic heterocycles. The average molecular weight is 437 g/mol. The lowest BCUT2D eigenvalue weighted by atomic mass is 10.0. The molecule has 9 heteroatoms. The minimum Gasteiger partial charge on any atom is -0.392 e. The molecule has 32 heavy (non-hydrogen) atoms. The van der Waals surface area contributed by atoms with Crippen molar-refractivity contribution in [3.63, 3.8) is 0 Å². The Balaban J connectivity index is 1.71. The van der Waals surface area contributed by atoms with Gasteiger partial charge < -0.3 is 14.7 Å². The number of rotatable bonds is 5. The number of fused-ring (bicyclic) bond motifs is 1. The number of nitrogens with zero attached hydrogens (tertiary/aromatic N) is 5. The summed E-state index contributed by atoms with van der Waals surface area (Å²) in [5.41, 5.74) is -0.258. The molecule has 7 nitrogen and oxygen atoms in total. The van der Waals surface area contributed by atoms with Crippen molar-refractivity contribution in [1.29, 1.82) is 0 Å². The third-order valence-electron chi connectivity index (χ3n) is 5.56. The Morgan fingerprint density at radius 1 is 0.969 bits per heavy atom. The maximum absolute atomic E-state index is 14.6. The summed E-state index contributed by atoms with van der Waals surface area (Å²) in [7, 11) is 0. The Kier molecular flexibility index (Phi) is 5.36. The molecule has 0 amide bonds. The Bertz CT molecular complexity index is 1230. The lowest BCUT2D eigenvalue weighted by molar-refractivity contribution is 0.0550. The molecular weight excluding hydrogens is 416 g/mol. The van der Waals surface area contributed by atoms with Crippen LogP contribution in [-0.2, 0) is 17.0 Å². The van der Waals surface area contributed by atoms with Gasteiger partial charge in [-0.3, -0.25) is 0 Å². The first-order chi connectivity index (χ1) is 15.6. The zero-order chi connectivity index (χ0) is 22.1. The summed E-state index contributed by atoms with van der Waals surface area (Å²) in [6.45, 7) is 1.97. The number of anilines is 1. The van der Waals surface area contributed by atoms with Crippen LogP contribution in [0.3, 0.4) is 0 Å². The fourth-order valence-corrected chi connectivity index (χ4v) is 3.87. The number of ether oxygens (including phenoxy) is 1. The van der Waals surface area contributed by atoms with Gasteiger partial charge >= 0.3 is 0 Å². The Labute approximate surface area is 182 Å². The number of benzene rings is 2. The van der Waals surface area contributed by atoms with Gasteiger partial charge in [0.05, 0.1) is 36.2 Å². The fraction of sp³-hybridized carbons (Fsp3) is 0.304. The second-order valence-corrected chi connectivity index (χ2v) is 7.64. The van der Waals surface area contributed by atoms with E-state index >= 15 is 0 Å². The van der Waals surface area contributed by atoms with Gasteiger partial charge in [-0.05, 0) is 29.8 Å². The summed E-state index contributed by atoms with van der Waals surface area (Å²) in [5.74, 6) is 0.330. The van der Waals surface area contributed by atoms with Crippen LogP contribution in [0.5, 0.6) is 0 Å². The van der Waals surface area contributed by atoms with Gasteiger partial charge in [0.15, 0.2) is 0 Å². The number of para-hydroxylation sites is 2. The van der Waals surface area contributed by atoms with E-state index in [4.69, 9.17) is 4.74 Å². The fourth-order valence-electron chi connectivity index (χ4n) is 3.87. The Hall–Kier alpha value is -3.30. The SMILES string of the molecule is OCc1cccc(-c2cc(C3(C(F)F)N=c4ccccc4=N3)nc(N3CCOCC3)n2)c1. The first-order valence-corrected chi connectivity index (χ1v) is 10.3. The highest BCUT2D eigenvalue weighted by Gasteiger charge is 2.45. The smallest absolute Gasteiger partial charge is 0.289 e. The Morgan fingerprint density at radius 2 is 1.69 bits per heavy atom. The van der Waals surface area contributed by atoms with Crippen LogP contribution in [0.4, 0.5) is 14.7 Å². The van der Waals surface area contributed by atoms with Gasteiger partial charge in [0.1, 0.15) is 5.69 Å². The third-order valence-corrected chi connectivity index (χ3v) is 5.56. The minimum atomic E-state index is -2.90. The van der Waals surface area contributed by atoms with Gasteiger partial charge in [0, 0.05) is 18.7 Å². The van der Waals surface area contributed by atoms with E-state index in [0.29, 0.717) is 59.8 Å². The van der Waals surface area contributed by atoms with Crippen LogP contribution in [0, 0.1) is 0 Å². The predicted octanol–water partition coefficient (Wildman–Crippen LogP) is 1.84. The van der Waals surface area contributed by atoms with Crippen LogP contribution in [0.25, 0.3) is 11.3 Å². The van der Waals surface area contributed by atoms with Crippen molar-refractivity contribution in [1.82, 2.24) is 9.97 Å². The first-order valence-electron chi connectivity index (χ1n) is 10.3. The van der Waals surface area contributed by atoms with E-state index in [1.807, 2.05) is 11.0 Å². The third kappa shape index (κ3) is 3.63. The molecule has 3 heterocycles. The minimum absolute atomic E-state index is 0.0320. The summed E-state index contributed by atoms with van der Waals surface area (Å²) in [5, 5.41) is 10.3. The van der Waals surface area contributed by atoms with Gasteiger partial charge in [-0.1, -0.05) is 30.3 Å². The molecule has 0 atom stereocenters. The standard InChI is InChI=1S/C23H21F2N5O2/c24-21(25)23(28-17-6-1-2-7-18(17)29-23)20-13-19(16-5-3-4-15(12-16)14-31)26-22(27-20)30-8-10-32-11-9-30/h1-7,12-13,21,31H,8-11,14H2. The van der Waals surface area contributed by atoms with E-state index in [-0.39, 0.29) is 12.3 Å². The number of alkyl halides is 2. The predicted molar refractivity (Wildman–Crippen MR) is 113 cm³/mol. The number of halogens is 2. The summed E-state index contributed by atoms with van der Waals surface area (Å²) in [6, 6.07) is 15.5. The summed E-state index contributed by atoms with van der Waals surface area (Å²) < 4.78 is 34.5. The topological polar surface area (TPSA) is 83.2 Å². The second kappa shape index (κ2) is 8.33. The number of aromatic nitrogens is 2. The highest BCUT2D eigenvalue weighted by atomic mass is 19.3. The van der Waals surface area contributed by atoms with Crippen LogP contribution < -0.4 is 15.6 Å². The van der Waals surface area contributed by atoms with Crippen molar-refractivity contribution < 1.29 is 18.6 Å². The zero-order valence-electron chi connectivity index (χ0n) is 17.2. The summed E-state index contributed by atoms with van der Waals surface area (Å²) in [4.78, 5) is 19.7. The van der Waals surface area contributed by atoms with Gasteiger partial charge in [0.2, 0.25) is 5.95 Å². The zero-order valence-corrected chi connectivity index (χ0v) is 17.2. The normalized spacial score (nSPS) is 17.1. The van der Waals surface area contributed by atoms with E-state index in [1.165, 1.54) is 6.07 Å². The molecule has 1 saturated heterocycles. The molecular formula is C23H21F2N5O2. The number of aliphatic hydroxyl groups is 1. The van der Waals surface area contributed by atoms with Crippen molar-refractivity contribution in [2.75, 3.05) is 31.2 Å². The van der Waals surface area contributed by atoms with Crippen molar-refractivity contribution in [2.24, 2.45) is 9.98 Å². The molecule has 164 valence electrons. The molecule has 2 aromatic carbocycles. The van der Waals surface area contributed by atoms with Crippen LogP contribution in [0.15, 0.2) is 64.6 Å². The van der Waals surface area contributed by atoms with Crippen LogP contribution in [0.2, 0.25) is 0 Å². The Morgan fingerprint density at radius 3 is 2.34 bits per heavy atom. The van der Waals surface area contributed by atoms with E-state index in [0.717, 1.165) is 0 Å². The summed E-state index contributed by atoms with van der Waals surface area (Å²) in [6.07, 6.45) is -2.90. The largest absolute Gasteiger partial charge is 0.392 e. The van der Waals surface area contributed by atoms with Crippen LogP contribution in [0.1, 0.15) is 11.3 Å². The number of hydrogen-bond acceptors (Lipinski definition) is 7. The van der Waals surface area contributed by atoms with Crippen molar-refractivity contribution in [2.45, 2.75) is 18.7 Å². The molecule has 0 spiro atoms. The van der Waals surface area contributed by atoms with Crippen molar-refractivity contribution >= 4 is 5.95 Å². The molecule has 1 fully saturated rings. The molecule has 2 aliphatic heterocycles. The lowest BCUT2D eigenvalue weighted by Gasteiger charge is -2.29. The van der Waals surface area contributed by atoms with E-state index in [2.05, 4.69) is 20.0 Å². The maximum atomic E-state index is 14.6. The number of aliphatic hydroxyl groups excluding tert-OH is 1. The number of morpholine rings is 1. The molecule has 0 unspecified atom stereocenters. The van der Waals surface area contributed by atoms with Crippen LogP contribution >= 0.6 is 0 Å². The molecule has 3 aromatic rings. The van der Waals surface area contributed by atoms with Gasteiger partial charge in [-0.15, -0.1) is 0 Å². The molecule has 5 rings (SSSR count). The van der Waals surface area contributed by atoms with Crippen molar-refractivity contribution in [3.8, 4) is 11.3 Å². The average Bonchev–Trinajstić information content (AvgIpc) is 3.26. The first kappa shape index (κ1) is 20.6. The molecule has 0 radical (unpaired) electrons. The molecule has 0 aliphatic carbocycles. The highest BCUT2D eigenvalue weighted by molar-refractivity contribution is 5.62. The lowest BCUT2D eigenvalue weighted by Crippen LogP contribution is -2.38. The second-order valence-electron chi connectivity index (χ2n) is 7.64. The monoisotopic (exact) mass is 437 g/mol. The highest BCUT2D eigenvalue weighted by Crippen LogP contribution is 2.36.